The minimum atomic E-state index is -1.27. The minimum absolute atomic E-state index is 0.0522. The Kier molecular flexibility index (Phi) is 7.05. The number of pyridine rings is 1. The summed E-state index contributed by atoms with van der Waals surface area (Å²) in [7, 11) is 0. The molecular weight excluding hydrogens is 435 g/mol. The van der Waals surface area contributed by atoms with Gasteiger partial charge in [0.05, 0.1) is 24.5 Å². The molecule has 7 nitrogen and oxygen atoms in total. The second kappa shape index (κ2) is 10.2. The van der Waals surface area contributed by atoms with E-state index >= 15 is 0 Å². The molecule has 0 bridgehead atoms. The van der Waals surface area contributed by atoms with E-state index in [1.165, 1.54) is 11.1 Å². The highest BCUT2D eigenvalue weighted by Gasteiger charge is 2.40. The van der Waals surface area contributed by atoms with Crippen LogP contribution in [0.3, 0.4) is 0 Å². The van der Waals surface area contributed by atoms with Crippen LogP contribution in [-0.2, 0) is 16.0 Å². The van der Waals surface area contributed by atoms with E-state index in [1.807, 2.05) is 48.7 Å². The van der Waals surface area contributed by atoms with E-state index < -0.39 is 30.1 Å². The lowest BCUT2D eigenvalue weighted by molar-refractivity contribution is -0.138. The van der Waals surface area contributed by atoms with Crippen molar-refractivity contribution >= 4 is 11.8 Å². The van der Waals surface area contributed by atoms with Crippen LogP contribution in [0.5, 0.6) is 0 Å². The Labute approximate surface area is 198 Å². The zero-order valence-corrected chi connectivity index (χ0v) is 19.6. The van der Waals surface area contributed by atoms with E-state index in [0.29, 0.717) is 17.4 Å². The maximum Gasteiger partial charge on any atom is 0.243 e. The zero-order valence-electron chi connectivity index (χ0n) is 19.6. The highest BCUT2D eigenvalue weighted by atomic mass is 19.1. The van der Waals surface area contributed by atoms with E-state index in [4.69, 9.17) is 4.42 Å². The molecule has 4 rings (SSSR count). The van der Waals surface area contributed by atoms with Crippen molar-refractivity contribution in [1.29, 1.82) is 0 Å². The van der Waals surface area contributed by atoms with Gasteiger partial charge in [-0.1, -0.05) is 50.2 Å². The third-order valence-corrected chi connectivity index (χ3v) is 6.04. The van der Waals surface area contributed by atoms with Gasteiger partial charge in [0.1, 0.15) is 24.4 Å². The van der Waals surface area contributed by atoms with Crippen molar-refractivity contribution in [2.24, 2.45) is 0 Å². The van der Waals surface area contributed by atoms with Gasteiger partial charge in [-0.25, -0.2) is 9.37 Å². The molecule has 3 aromatic rings. The molecule has 1 N–H and O–H groups in total. The summed E-state index contributed by atoms with van der Waals surface area (Å²) < 4.78 is 19.7. The minimum Gasteiger partial charge on any atom is -0.445 e. The van der Waals surface area contributed by atoms with E-state index in [0.717, 1.165) is 11.1 Å². The number of carbonyl (C=O) groups excluding carboxylic acids is 2. The van der Waals surface area contributed by atoms with Gasteiger partial charge in [-0.2, -0.15) is 0 Å². The molecule has 178 valence electrons. The number of hydrogen-bond acceptors (Lipinski definition) is 5. The number of rotatable bonds is 7. The molecule has 1 saturated heterocycles. The Balaban J connectivity index is 1.55. The van der Waals surface area contributed by atoms with E-state index in [-0.39, 0.29) is 25.3 Å². The molecule has 0 spiro atoms. The van der Waals surface area contributed by atoms with Crippen LogP contribution in [0.4, 0.5) is 4.39 Å². The topological polar surface area (TPSA) is 88.3 Å². The molecule has 1 aliphatic heterocycles. The Morgan fingerprint density at radius 2 is 1.88 bits per heavy atom. The van der Waals surface area contributed by atoms with Crippen LogP contribution in [0.25, 0.3) is 0 Å². The van der Waals surface area contributed by atoms with E-state index in [1.54, 1.807) is 6.92 Å². The van der Waals surface area contributed by atoms with Gasteiger partial charge >= 0.3 is 0 Å². The smallest absolute Gasteiger partial charge is 0.243 e. The number of likely N-dealkylation sites (tertiary alicyclic amines) is 1. The number of halogens is 1. The lowest BCUT2D eigenvalue weighted by Crippen LogP contribution is -2.47. The second-order valence-electron chi connectivity index (χ2n) is 8.96. The first kappa shape index (κ1) is 23.6. The predicted molar refractivity (Wildman–Crippen MR) is 125 cm³/mol. The third-order valence-electron chi connectivity index (χ3n) is 6.04. The molecule has 8 heteroatoms. The van der Waals surface area contributed by atoms with Gasteiger partial charge in [-0.15, -0.1) is 0 Å². The first-order valence-electron chi connectivity index (χ1n) is 11.5. The van der Waals surface area contributed by atoms with Crippen LogP contribution < -0.4 is 5.32 Å². The van der Waals surface area contributed by atoms with Crippen molar-refractivity contribution in [3.05, 3.63) is 83.3 Å². The molecule has 0 aliphatic carbocycles. The molecular formula is C26H29FN4O3. The van der Waals surface area contributed by atoms with Crippen molar-refractivity contribution < 1.29 is 18.4 Å². The standard InChI is InChI=1S/C26H29FN4O3/c1-16(2)19-9-10-21(28-14-19)25(18-7-5-4-6-8-18)30-26(33)22-11-20(27)15-31(22)24(32)12-23-29-13-17(3)34-23/h4-10,13-14,16,20,22,25H,11-12,15H2,1-3H3,(H,30,33). The number of amides is 2. The SMILES string of the molecule is Cc1cnc(CC(=O)N2CC(F)CC2C(=O)NC(c2ccccc2)c2ccc(C(C)C)cn2)o1. The van der Waals surface area contributed by atoms with Gasteiger partial charge in [-0.3, -0.25) is 14.6 Å². The summed E-state index contributed by atoms with van der Waals surface area (Å²) in [4.78, 5) is 36.2. The molecule has 3 atom stereocenters. The average molecular weight is 465 g/mol. The first-order chi connectivity index (χ1) is 16.3. The first-order valence-corrected chi connectivity index (χ1v) is 11.5. The maximum absolute atomic E-state index is 14.4. The summed E-state index contributed by atoms with van der Waals surface area (Å²) in [5, 5.41) is 3.01. The molecule has 3 heterocycles. The summed E-state index contributed by atoms with van der Waals surface area (Å²) in [6.45, 7) is 5.78. The molecule has 3 unspecified atom stereocenters. The number of hydrogen-bond donors (Lipinski definition) is 1. The number of benzene rings is 1. The van der Waals surface area contributed by atoms with Crippen LogP contribution >= 0.6 is 0 Å². The summed E-state index contributed by atoms with van der Waals surface area (Å²) >= 11 is 0. The van der Waals surface area contributed by atoms with Gasteiger partial charge < -0.3 is 14.6 Å². The fourth-order valence-electron chi connectivity index (χ4n) is 4.16. The Morgan fingerprint density at radius 1 is 1.12 bits per heavy atom. The number of carbonyl (C=O) groups is 2. The van der Waals surface area contributed by atoms with Crippen molar-refractivity contribution in [2.45, 2.75) is 57.8 Å². The predicted octanol–water partition coefficient (Wildman–Crippen LogP) is 3.89. The largest absolute Gasteiger partial charge is 0.445 e. The highest BCUT2D eigenvalue weighted by Crippen LogP contribution is 2.26. The van der Waals surface area contributed by atoms with Gasteiger partial charge in [0.25, 0.3) is 0 Å². The molecule has 1 fully saturated rings. The molecule has 2 aromatic heterocycles. The molecule has 2 amide bonds. The molecule has 34 heavy (non-hydrogen) atoms. The zero-order chi connectivity index (χ0) is 24.2. The average Bonchev–Trinajstić information content (AvgIpc) is 3.43. The number of oxazole rings is 1. The molecule has 0 saturated carbocycles. The van der Waals surface area contributed by atoms with Crippen molar-refractivity contribution in [3.8, 4) is 0 Å². The fourth-order valence-corrected chi connectivity index (χ4v) is 4.16. The van der Waals surface area contributed by atoms with E-state index in [9.17, 15) is 14.0 Å². The Hall–Kier alpha value is -3.55. The third kappa shape index (κ3) is 5.32. The molecule has 0 radical (unpaired) electrons. The lowest BCUT2D eigenvalue weighted by atomic mass is 10.00. The maximum atomic E-state index is 14.4. The normalized spacial score (nSPS) is 18.8. The summed E-state index contributed by atoms with van der Waals surface area (Å²) in [6.07, 6.45) is 1.89. The highest BCUT2D eigenvalue weighted by molar-refractivity contribution is 5.89. The van der Waals surface area contributed by atoms with Crippen LogP contribution in [0.2, 0.25) is 0 Å². The number of alkyl halides is 1. The summed E-state index contributed by atoms with van der Waals surface area (Å²) in [6, 6.07) is 11.9. The molecule has 1 aliphatic rings. The number of aryl methyl sites for hydroxylation is 1. The summed E-state index contributed by atoms with van der Waals surface area (Å²) in [5.41, 5.74) is 2.62. The number of nitrogens with zero attached hydrogens (tertiary/aromatic N) is 3. The van der Waals surface area contributed by atoms with Crippen molar-refractivity contribution in [2.75, 3.05) is 6.54 Å². The Bertz CT molecular complexity index is 1130. The van der Waals surface area contributed by atoms with Crippen LogP contribution in [-0.4, -0.2) is 45.4 Å². The second-order valence-corrected chi connectivity index (χ2v) is 8.96. The summed E-state index contributed by atoms with van der Waals surface area (Å²) in [5.74, 6) is 0.362. The monoisotopic (exact) mass is 464 g/mol. The van der Waals surface area contributed by atoms with Crippen LogP contribution in [0.15, 0.2) is 59.3 Å². The number of aromatic nitrogens is 2. The van der Waals surface area contributed by atoms with E-state index in [2.05, 4.69) is 29.1 Å². The van der Waals surface area contributed by atoms with Gasteiger partial charge in [0, 0.05) is 12.6 Å². The van der Waals surface area contributed by atoms with Crippen molar-refractivity contribution in [1.82, 2.24) is 20.2 Å². The quantitative estimate of drug-likeness (QED) is 0.573. The molecule has 1 aromatic carbocycles. The van der Waals surface area contributed by atoms with Gasteiger partial charge in [0.2, 0.25) is 17.7 Å². The Morgan fingerprint density at radius 3 is 2.50 bits per heavy atom. The fraction of sp³-hybridized carbons (Fsp3) is 0.385. The lowest BCUT2D eigenvalue weighted by Gasteiger charge is -2.26. The van der Waals surface area contributed by atoms with Crippen LogP contribution in [0, 0.1) is 6.92 Å². The van der Waals surface area contributed by atoms with Crippen molar-refractivity contribution in [3.63, 3.8) is 0 Å². The van der Waals surface area contributed by atoms with Gasteiger partial charge in [0.15, 0.2) is 0 Å². The van der Waals surface area contributed by atoms with Gasteiger partial charge in [-0.05, 0) is 30.0 Å². The number of nitrogens with one attached hydrogen (secondary N) is 1. The van der Waals surface area contributed by atoms with Crippen LogP contribution in [0.1, 0.15) is 60.7 Å².